The molecule has 0 heterocycles. The first-order chi connectivity index (χ1) is 9.99. The van der Waals surface area contributed by atoms with Crippen LogP contribution in [0.5, 0.6) is 0 Å². The minimum atomic E-state index is -0.907. The van der Waals surface area contributed by atoms with Crippen molar-refractivity contribution in [2.24, 2.45) is 0 Å². The molecule has 0 aliphatic heterocycles. The average Bonchev–Trinajstić information content (AvgIpc) is 2.41. The smallest absolute Gasteiger partial charge is 0.317 e. The van der Waals surface area contributed by atoms with E-state index in [1.54, 1.807) is 9.80 Å². The molecule has 0 bridgehead atoms. The van der Waals surface area contributed by atoms with Gasteiger partial charge in [-0.25, -0.2) is 0 Å². The highest BCUT2D eigenvalue weighted by molar-refractivity contribution is 5.95. The van der Waals surface area contributed by atoms with Crippen molar-refractivity contribution >= 4 is 17.6 Å². The van der Waals surface area contributed by atoms with Gasteiger partial charge in [-0.05, 0) is 38.4 Å². The third kappa shape index (κ3) is 5.19. The third-order valence-corrected chi connectivity index (χ3v) is 3.28. The molecular formula is C16H24N2O3. The molecule has 1 amide bonds. The summed E-state index contributed by atoms with van der Waals surface area (Å²) in [5, 5.41) is 8.91. The van der Waals surface area contributed by atoms with E-state index >= 15 is 0 Å². The van der Waals surface area contributed by atoms with Crippen molar-refractivity contribution < 1.29 is 14.7 Å². The van der Waals surface area contributed by atoms with E-state index < -0.39 is 5.97 Å². The van der Waals surface area contributed by atoms with Gasteiger partial charge in [0.15, 0.2) is 0 Å². The van der Waals surface area contributed by atoms with Crippen LogP contribution in [0.2, 0.25) is 0 Å². The number of anilines is 1. The minimum Gasteiger partial charge on any atom is -0.480 e. The Balaban J connectivity index is 2.83. The van der Waals surface area contributed by atoms with E-state index in [1.807, 2.05) is 45.0 Å². The van der Waals surface area contributed by atoms with Crippen molar-refractivity contribution in [3.05, 3.63) is 29.8 Å². The van der Waals surface area contributed by atoms with Crippen molar-refractivity contribution in [3.8, 4) is 0 Å². The number of nitrogens with zero attached hydrogens (tertiary/aromatic N) is 2. The molecule has 5 heteroatoms. The quantitative estimate of drug-likeness (QED) is 0.797. The van der Waals surface area contributed by atoms with Gasteiger partial charge >= 0.3 is 5.97 Å². The van der Waals surface area contributed by atoms with Gasteiger partial charge in [0, 0.05) is 12.2 Å². The minimum absolute atomic E-state index is 0.0681. The number of aliphatic carboxylic acids is 1. The molecule has 0 radical (unpaired) electrons. The highest BCUT2D eigenvalue weighted by Crippen LogP contribution is 2.19. The van der Waals surface area contributed by atoms with Crippen LogP contribution >= 0.6 is 0 Å². The standard InChI is InChI=1S/C16H24N2O3/c1-4-10-17(12-16(20)21)11-15(19)18(5-2)14-9-7-6-8-13(14)3/h6-9H,4-5,10-12H2,1-3H3,(H,20,21). The normalized spacial score (nSPS) is 10.7. The molecule has 1 aromatic rings. The van der Waals surface area contributed by atoms with Gasteiger partial charge in [-0.3, -0.25) is 14.5 Å². The molecule has 5 nitrogen and oxygen atoms in total. The molecule has 1 aromatic carbocycles. The third-order valence-electron chi connectivity index (χ3n) is 3.28. The summed E-state index contributed by atoms with van der Waals surface area (Å²) in [4.78, 5) is 26.7. The summed E-state index contributed by atoms with van der Waals surface area (Å²) in [7, 11) is 0. The maximum absolute atomic E-state index is 12.5. The Bertz CT molecular complexity index is 488. The van der Waals surface area contributed by atoms with Crippen LogP contribution in [0.4, 0.5) is 5.69 Å². The molecule has 0 aliphatic rings. The number of rotatable bonds is 8. The summed E-state index contributed by atoms with van der Waals surface area (Å²) in [5.41, 5.74) is 1.92. The molecule has 0 fully saturated rings. The van der Waals surface area contributed by atoms with Gasteiger partial charge in [0.25, 0.3) is 0 Å². The fourth-order valence-electron chi connectivity index (χ4n) is 2.35. The Hall–Kier alpha value is -1.88. The van der Waals surface area contributed by atoms with E-state index in [0.717, 1.165) is 17.7 Å². The van der Waals surface area contributed by atoms with Gasteiger partial charge in [0.2, 0.25) is 5.91 Å². The van der Waals surface area contributed by atoms with Crippen molar-refractivity contribution in [2.75, 3.05) is 31.1 Å². The van der Waals surface area contributed by atoms with E-state index in [0.29, 0.717) is 13.1 Å². The lowest BCUT2D eigenvalue weighted by Crippen LogP contribution is -2.42. The average molecular weight is 292 g/mol. The van der Waals surface area contributed by atoms with E-state index in [4.69, 9.17) is 5.11 Å². The highest BCUT2D eigenvalue weighted by atomic mass is 16.4. The fraction of sp³-hybridized carbons (Fsp3) is 0.500. The van der Waals surface area contributed by atoms with Crippen molar-refractivity contribution in [3.63, 3.8) is 0 Å². The molecule has 0 aromatic heterocycles. The number of benzene rings is 1. The number of aryl methyl sites for hydroxylation is 1. The summed E-state index contributed by atoms with van der Waals surface area (Å²) >= 11 is 0. The van der Waals surface area contributed by atoms with Gasteiger partial charge < -0.3 is 10.0 Å². The summed E-state index contributed by atoms with van der Waals surface area (Å²) in [6.45, 7) is 7.05. The summed E-state index contributed by atoms with van der Waals surface area (Å²) < 4.78 is 0. The van der Waals surface area contributed by atoms with E-state index in [1.165, 1.54) is 0 Å². The summed E-state index contributed by atoms with van der Waals surface area (Å²) in [6, 6.07) is 7.72. The summed E-state index contributed by atoms with van der Waals surface area (Å²) in [6.07, 6.45) is 0.817. The molecule has 0 aliphatic carbocycles. The van der Waals surface area contributed by atoms with E-state index in [9.17, 15) is 9.59 Å². The second-order valence-electron chi connectivity index (χ2n) is 5.03. The van der Waals surface area contributed by atoms with E-state index in [-0.39, 0.29) is 19.0 Å². The molecule has 0 saturated carbocycles. The topological polar surface area (TPSA) is 60.9 Å². The zero-order valence-corrected chi connectivity index (χ0v) is 13.0. The number of amides is 1. The number of carboxylic acid groups (broad SMARTS) is 1. The molecule has 1 rings (SSSR count). The Morgan fingerprint density at radius 3 is 2.33 bits per heavy atom. The summed E-state index contributed by atoms with van der Waals surface area (Å²) in [5.74, 6) is -0.975. The Morgan fingerprint density at radius 2 is 1.81 bits per heavy atom. The van der Waals surface area contributed by atoms with Gasteiger partial charge in [-0.1, -0.05) is 25.1 Å². The van der Waals surface area contributed by atoms with Crippen LogP contribution in [0.15, 0.2) is 24.3 Å². The second kappa shape index (κ2) is 8.42. The Kier molecular flexibility index (Phi) is 6.88. The maximum Gasteiger partial charge on any atom is 0.317 e. The monoisotopic (exact) mass is 292 g/mol. The predicted molar refractivity (Wildman–Crippen MR) is 83.6 cm³/mol. The zero-order chi connectivity index (χ0) is 15.8. The molecule has 0 atom stereocenters. The number of hydrogen-bond acceptors (Lipinski definition) is 3. The first kappa shape index (κ1) is 17.2. The van der Waals surface area contributed by atoms with Crippen LogP contribution in [0, 0.1) is 6.92 Å². The molecule has 1 N–H and O–H groups in total. The number of carbonyl (C=O) groups is 2. The van der Waals surface area contributed by atoms with Crippen LogP contribution in [0.25, 0.3) is 0 Å². The van der Waals surface area contributed by atoms with Crippen LogP contribution in [0.1, 0.15) is 25.8 Å². The molecule has 21 heavy (non-hydrogen) atoms. The van der Waals surface area contributed by atoms with Gasteiger partial charge in [0.1, 0.15) is 0 Å². The van der Waals surface area contributed by atoms with Crippen LogP contribution < -0.4 is 4.90 Å². The number of carboxylic acids is 1. The highest BCUT2D eigenvalue weighted by Gasteiger charge is 2.19. The first-order valence-electron chi connectivity index (χ1n) is 7.29. The number of para-hydroxylation sites is 1. The lowest BCUT2D eigenvalue weighted by atomic mass is 10.2. The first-order valence-corrected chi connectivity index (χ1v) is 7.29. The Labute approximate surface area is 126 Å². The van der Waals surface area contributed by atoms with Crippen molar-refractivity contribution in [2.45, 2.75) is 27.2 Å². The number of hydrogen-bond donors (Lipinski definition) is 1. The SMILES string of the molecule is CCCN(CC(=O)O)CC(=O)N(CC)c1ccccc1C. The Morgan fingerprint density at radius 1 is 1.14 bits per heavy atom. The lowest BCUT2D eigenvalue weighted by molar-refractivity contribution is -0.138. The largest absolute Gasteiger partial charge is 0.480 e. The predicted octanol–water partition coefficient (Wildman–Crippen LogP) is 2.14. The van der Waals surface area contributed by atoms with Crippen LogP contribution in [-0.2, 0) is 9.59 Å². The molecule has 0 spiro atoms. The van der Waals surface area contributed by atoms with Gasteiger partial charge in [-0.15, -0.1) is 0 Å². The fourth-order valence-corrected chi connectivity index (χ4v) is 2.35. The molecule has 0 saturated heterocycles. The maximum atomic E-state index is 12.5. The number of likely N-dealkylation sites (N-methyl/N-ethyl adjacent to an activating group) is 1. The van der Waals surface area contributed by atoms with E-state index in [2.05, 4.69) is 0 Å². The lowest BCUT2D eigenvalue weighted by Gasteiger charge is -2.26. The van der Waals surface area contributed by atoms with Crippen LogP contribution in [0.3, 0.4) is 0 Å². The number of carbonyl (C=O) groups excluding carboxylic acids is 1. The van der Waals surface area contributed by atoms with Crippen molar-refractivity contribution in [1.29, 1.82) is 0 Å². The van der Waals surface area contributed by atoms with Gasteiger partial charge in [0.05, 0.1) is 13.1 Å². The van der Waals surface area contributed by atoms with Crippen molar-refractivity contribution in [1.82, 2.24) is 4.90 Å². The molecule has 116 valence electrons. The van der Waals surface area contributed by atoms with Gasteiger partial charge in [-0.2, -0.15) is 0 Å². The molecule has 0 unspecified atom stereocenters. The molecular weight excluding hydrogens is 268 g/mol. The second-order valence-corrected chi connectivity index (χ2v) is 5.03. The van der Waals surface area contributed by atoms with Crippen LogP contribution in [-0.4, -0.2) is 48.1 Å². The zero-order valence-electron chi connectivity index (χ0n) is 13.0.